The lowest BCUT2D eigenvalue weighted by Gasteiger charge is -2.04. The van der Waals surface area contributed by atoms with Gasteiger partial charge in [-0.3, -0.25) is 9.36 Å². The van der Waals surface area contributed by atoms with Gasteiger partial charge in [-0.25, -0.2) is 0 Å². The number of aromatic nitrogens is 4. The fourth-order valence-corrected chi connectivity index (χ4v) is 1.84. The second-order valence-corrected chi connectivity index (χ2v) is 4.51. The van der Waals surface area contributed by atoms with Crippen molar-refractivity contribution in [2.24, 2.45) is 7.05 Å². The monoisotopic (exact) mass is 287 g/mol. The summed E-state index contributed by atoms with van der Waals surface area (Å²) in [6.45, 7) is 4.84. The van der Waals surface area contributed by atoms with E-state index in [9.17, 15) is 13.2 Å². The van der Waals surface area contributed by atoms with E-state index in [2.05, 4.69) is 15.5 Å². The summed E-state index contributed by atoms with van der Waals surface area (Å²) < 4.78 is 40.6. The number of nitrogens with one attached hydrogen (secondary N) is 1. The van der Waals surface area contributed by atoms with E-state index in [1.165, 1.54) is 11.7 Å². The first-order valence-corrected chi connectivity index (χ1v) is 6.19. The van der Waals surface area contributed by atoms with Crippen molar-refractivity contribution in [3.63, 3.8) is 0 Å². The van der Waals surface area contributed by atoms with Crippen molar-refractivity contribution < 1.29 is 13.2 Å². The molecule has 20 heavy (non-hydrogen) atoms. The Balaban J connectivity index is 2.11. The largest absolute Gasteiger partial charge is 0.435 e. The SMILES string of the molecule is CCn1cc(C)c(NCc2cc(C(F)(F)F)nn2C)n1. The number of hydrogen-bond acceptors (Lipinski definition) is 3. The highest BCUT2D eigenvalue weighted by Gasteiger charge is 2.34. The molecule has 0 fully saturated rings. The molecule has 0 radical (unpaired) electrons. The van der Waals surface area contributed by atoms with E-state index >= 15 is 0 Å². The van der Waals surface area contributed by atoms with Crippen molar-refractivity contribution in [1.29, 1.82) is 0 Å². The Morgan fingerprint density at radius 3 is 2.50 bits per heavy atom. The van der Waals surface area contributed by atoms with Gasteiger partial charge < -0.3 is 5.32 Å². The van der Waals surface area contributed by atoms with Gasteiger partial charge >= 0.3 is 6.18 Å². The summed E-state index contributed by atoms with van der Waals surface area (Å²) in [5, 5.41) is 10.8. The van der Waals surface area contributed by atoms with Gasteiger partial charge in [0.25, 0.3) is 0 Å². The molecule has 2 aromatic heterocycles. The molecule has 0 saturated heterocycles. The number of halogens is 3. The lowest BCUT2D eigenvalue weighted by atomic mass is 10.3. The number of alkyl halides is 3. The molecule has 0 amide bonds. The number of nitrogens with zero attached hydrogens (tertiary/aromatic N) is 4. The Kier molecular flexibility index (Phi) is 3.74. The van der Waals surface area contributed by atoms with Gasteiger partial charge in [-0.15, -0.1) is 0 Å². The normalized spacial score (nSPS) is 11.9. The minimum Gasteiger partial charge on any atom is -0.363 e. The highest BCUT2D eigenvalue weighted by molar-refractivity contribution is 5.42. The Morgan fingerprint density at radius 1 is 1.30 bits per heavy atom. The van der Waals surface area contributed by atoms with Crippen LogP contribution in [-0.4, -0.2) is 19.6 Å². The van der Waals surface area contributed by atoms with Gasteiger partial charge in [0.15, 0.2) is 11.5 Å². The summed E-state index contributed by atoms with van der Waals surface area (Å²) in [4.78, 5) is 0. The Hall–Kier alpha value is -1.99. The van der Waals surface area contributed by atoms with Crippen LogP contribution in [0, 0.1) is 6.92 Å². The highest BCUT2D eigenvalue weighted by atomic mass is 19.4. The Morgan fingerprint density at radius 2 is 2.00 bits per heavy atom. The van der Waals surface area contributed by atoms with Gasteiger partial charge in [-0.05, 0) is 19.9 Å². The number of anilines is 1. The molecule has 110 valence electrons. The summed E-state index contributed by atoms with van der Waals surface area (Å²) >= 11 is 0. The molecular weight excluding hydrogens is 271 g/mol. The quantitative estimate of drug-likeness (QED) is 0.940. The molecule has 0 spiro atoms. The topological polar surface area (TPSA) is 47.7 Å². The maximum Gasteiger partial charge on any atom is 0.435 e. The highest BCUT2D eigenvalue weighted by Crippen LogP contribution is 2.28. The molecule has 0 saturated carbocycles. The van der Waals surface area contributed by atoms with Crippen LogP contribution in [0.1, 0.15) is 23.9 Å². The number of hydrogen-bond donors (Lipinski definition) is 1. The molecule has 0 bridgehead atoms. The fourth-order valence-electron chi connectivity index (χ4n) is 1.84. The molecule has 0 aliphatic carbocycles. The minimum absolute atomic E-state index is 0.237. The first kappa shape index (κ1) is 14.4. The van der Waals surface area contributed by atoms with Crippen LogP contribution in [0.4, 0.5) is 19.0 Å². The van der Waals surface area contributed by atoms with Gasteiger partial charge in [-0.2, -0.15) is 23.4 Å². The summed E-state index contributed by atoms with van der Waals surface area (Å²) in [5.41, 5.74) is 0.514. The summed E-state index contributed by atoms with van der Waals surface area (Å²) in [5.74, 6) is 0.668. The molecule has 2 heterocycles. The van der Waals surface area contributed by atoms with Crippen molar-refractivity contribution in [1.82, 2.24) is 19.6 Å². The van der Waals surface area contributed by atoms with Crippen LogP contribution in [-0.2, 0) is 26.3 Å². The average molecular weight is 287 g/mol. The standard InChI is InChI=1S/C12H16F3N5/c1-4-20-7-8(2)11(18-20)16-6-9-5-10(12(13,14)15)17-19(9)3/h5,7H,4,6H2,1-3H3,(H,16,18). The molecule has 0 atom stereocenters. The molecule has 8 heteroatoms. The first-order valence-electron chi connectivity index (χ1n) is 6.19. The van der Waals surface area contributed by atoms with E-state index in [1.807, 2.05) is 20.0 Å². The first-order chi connectivity index (χ1) is 9.31. The smallest absolute Gasteiger partial charge is 0.363 e. The van der Waals surface area contributed by atoms with Crippen LogP contribution in [0.25, 0.3) is 0 Å². The van der Waals surface area contributed by atoms with E-state index in [4.69, 9.17) is 0 Å². The van der Waals surface area contributed by atoms with Crippen molar-refractivity contribution in [3.05, 3.63) is 29.2 Å². The zero-order chi connectivity index (χ0) is 14.9. The van der Waals surface area contributed by atoms with Crippen LogP contribution >= 0.6 is 0 Å². The summed E-state index contributed by atoms with van der Waals surface area (Å²) in [6, 6.07) is 1.04. The van der Waals surface area contributed by atoms with Gasteiger partial charge in [0.05, 0.1) is 12.2 Å². The van der Waals surface area contributed by atoms with Crippen LogP contribution < -0.4 is 5.32 Å². The van der Waals surface area contributed by atoms with Crippen LogP contribution in [0.2, 0.25) is 0 Å². The minimum atomic E-state index is -4.42. The zero-order valence-corrected chi connectivity index (χ0v) is 11.5. The predicted molar refractivity (Wildman–Crippen MR) is 68.2 cm³/mol. The molecule has 0 unspecified atom stereocenters. The lowest BCUT2D eigenvalue weighted by molar-refractivity contribution is -0.141. The Bertz CT molecular complexity index is 597. The van der Waals surface area contributed by atoms with Crippen molar-refractivity contribution in [2.75, 3.05) is 5.32 Å². The molecule has 5 nitrogen and oxygen atoms in total. The van der Waals surface area contributed by atoms with Crippen molar-refractivity contribution in [2.45, 2.75) is 33.1 Å². The molecule has 2 aromatic rings. The van der Waals surface area contributed by atoms with Crippen LogP contribution in [0.3, 0.4) is 0 Å². The second kappa shape index (κ2) is 5.18. The predicted octanol–water partition coefficient (Wildman–Crippen LogP) is 2.58. The fraction of sp³-hybridized carbons (Fsp3) is 0.500. The van der Waals surface area contributed by atoms with E-state index < -0.39 is 11.9 Å². The van der Waals surface area contributed by atoms with Crippen molar-refractivity contribution >= 4 is 5.82 Å². The van der Waals surface area contributed by atoms with Gasteiger partial charge in [0.1, 0.15) is 0 Å². The van der Waals surface area contributed by atoms with Crippen LogP contribution in [0.5, 0.6) is 0 Å². The second-order valence-electron chi connectivity index (χ2n) is 4.51. The number of rotatable bonds is 4. The summed E-state index contributed by atoms with van der Waals surface area (Å²) in [6.07, 6.45) is -2.54. The van der Waals surface area contributed by atoms with E-state index in [1.54, 1.807) is 4.68 Å². The molecule has 1 N–H and O–H groups in total. The zero-order valence-electron chi connectivity index (χ0n) is 11.5. The van der Waals surface area contributed by atoms with Gasteiger partial charge in [0, 0.05) is 25.4 Å². The summed E-state index contributed by atoms with van der Waals surface area (Å²) in [7, 11) is 1.49. The molecule has 0 aromatic carbocycles. The van der Waals surface area contributed by atoms with Gasteiger partial charge in [-0.1, -0.05) is 0 Å². The Labute approximate surface area is 114 Å². The molecule has 0 aliphatic heterocycles. The third-order valence-electron chi connectivity index (χ3n) is 2.97. The van der Waals surface area contributed by atoms with E-state index in [-0.39, 0.29) is 6.54 Å². The molecular formula is C12H16F3N5. The number of aryl methyl sites for hydroxylation is 3. The van der Waals surface area contributed by atoms with Crippen LogP contribution in [0.15, 0.2) is 12.3 Å². The lowest BCUT2D eigenvalue weighted by Crippen LogP contribution is -2.07. The molecule has 0 aliphatic rings. The van der Waals surface area contributed by atoms with E-state index in [0.29, 0.717) is 11.5 Å². The third-order valence-corrected chi connectivity index (χ3v) is 2.97. The molecule has 2 rings (SSSR count). The average Bonchev–Trinajstić information content (AvgIpc) is 2.90. The third kappa shape index (κ3) is 2.94. The maximum atomic E-state index is 12.5. The van der Waals surface area contributed by atoms with Crippen molar-refractivity contribution in [3.8, 4) is 0 Å². The maximum absolute atomic E-state index is 12.5. The van der Waals surface area contributed by atoms with Gasteiger partial charge in [0.2, 0.25) is 0 Å². The van der Waals surface area contributed by atoms with E-state index in [0.717, 1.165) is 18.2 Å².